The van der Waals surface area contributed by atoms with Crippen molar-refractivity contribution in [2.45, 2.75) is 38.0 Å². The largest absolute Gasteiger partial charge is 0.461 e. The van der Waals surface area contributed by atoms with Crippen LogP contribution >= 0.6 is 11.3 Å². The van der Waals surface area contributed by atoms with Crippen LogP contribution in [0.5, 0.6) is 0 Å². The lowest BCUT2D eigenvalue weighted by atomic mass is 10.0. The number of nitrogens with one attached hydrogen (secondary N) is 3. The second-order valence-corrected chi connectivity index (χ2v) is 9.81. The zero-order valence-corrected chi connectivity index (χ0v) is 22.0. The first-order valence-electron chi connectivity index (χ1n) is 12.4. The molecule has 39 heavy (non-hydrogen) atoms. The fraction of sp³-hybridized carbons (Fsp3) is 0.286. The van der Waals surface area contributed by atoms with Gasteiger partial charge in [0.05, 0.1) is 12.6 Å². The Kier molecular flexibility index (Phi) is 9.42. The Balaban J connectivity index is 1.27. The predicted octanol–water partition coefficient (Wildman–Crippen LogP) is 2.29. The second kappa shape index (κ2) is 13.1. The molecule has 3 atom stereocenters. The van der Waals surface area contributed by atoms with Crippen LogP contribution in [0.1, 0.15) is 40.9 Å². The number of aliphatic hydroxyl groups is 1. The van der Waals surface area contributed by atoms with Gasteiger partial charge in [-0.2, -0.15) is 0 Å². The SMILES string of the molecule is C[C@@H](NC(=O)c1ccccc1CCC(=O)NNC(=O)C1OC1C(=O)OCCO)c1cccc(-c2cccs2)c1. The molecule has 3 aromatic rings. The molecule has 3 amide bonds. The Morgan fingerprint density at radius 3 is 2.62 bits per heavy atom. The zero-order valence-electron chi connectivity index (χ0n) is 21.2. The van der Waals surface area contributed by atoms with Crippen molar-refractivity contribution in [3.8, 4) is 10.4 Å². The molecule has 2 aromatic carbocycles. The van der Waals surface area contributed by atoms with Crippen molar-refractivity contribution < 1.29 is 33.8 Å². The lowest BCUT2D eigenvalue weighted by Crippen LogP contribution is -2.44. The number of thiophene rings is 1. The number of aliphatic hydroxyl groups excluding tert-OH is 1. The number of hydrazine groups is 1. The van der Waals surface area contributed by atoms with Crippen LogP contribution in [0.2, 0.25) is 0 Å². The fourth-order valence-electron chi connectivity index (χ4n) is 3.95. The summed E-state index contributed by atoms with van der Waals surface area (Å²) in [7, 11) is 0. The molecule has 0 aliphatic carbocycles. The van der Waals surface area contributed by atoms with Gasteiger partial charge in [0.25, 0.3) is 11.8 Å². The first-order chi connectivity index (χ1) is 18.9. The fourth-order valence-corrected chi connectivity index (χ4v) is 4.68. The van der Waals surface area contributed by atoms with Gasteiger partial charge in [-0.25, -0.2) is 4.79 Å². The number of rotatable bonds is 11. The quantitative estimate of drug-likeness (QED) is 0.162. The molecule has 0 bridgehead atoms. The van der Waals surface area contributed by atoms with Gasteiger partial charge >= 0.3 is 5.97 Å². The van der Waals surface area contributed by atoms with E-state index in [-0.39, 0.29) is 38.0 Å². The lowest BCUT2D eigenvalue weighted by Gasteiger charge is -2.17. The third-order valence-electron chi connectivity index (χ3n) is 6.07. The van der Waals surface area contributed by atoms with E-state index < -0.39 is 30.0 Å². The van der Waals surface area contributed by atoms with Gasteiger partial charge in [-0.3, -0.25) is 25.2 Å². The van der Waals surface area contributed by atoms with E-state index in [0.29, 0.717) is 11.1 Å². The highest BCUT2D eigenvalue weighted by Crippen LogP contribution is 2.27. The maximum atomic E-state index is 13.1. The number of hydrogen-bond acceptors (Lipinski definition) is 8. The van der Waals surface area contributed by atoms with Gasteiger partial charge in [-0.1, -0.05) is 42.5 Å². The second-order valence-electron chi connectivity index (χ2n) is 8.86. The van der Waals surface area contributed by atoms with Crippen molar-refractivity contribution in [3.63, 3.8) is 0 Å². The number of esters is 1. The van der Waals surface area contributed by atoms with Crippen LogP contribution < -0.4 is 16.2 Å². The number of amides is 3. The molecule has 0 radical (unpaired) electrons. The highest BCUT2D eigenvalue weighted by Gasteiger charge is 2.51. The summed E-state index contributed by atoms with van der Waals surface area (Å²) in [5.74, 6) is -2.17. The van der Waals surface area contributed by atoms with Gasteiger partial charge < -0.3 is 19.9 Å². The maximum Gasteiger partial charge on any atom is 0.338 e. The molecule has 11 heteroatoms. The summed E-state index contributed by atoms with van der Waals surface area (Å²) in [4.78, 5) is 50.3. The smallest absolute Gasteiger partial charge is 0.338 e. The molecule has 204 valence electrons. The summed E-state index contributed by atoms with van der Waals surface area (Å²) in [5.41, 5.74) is 7.72. The van der Waals surface area contributed by atoms with E-state index in [1.54, 1.807) is 35.6 Å². The summed E-state index contributed by atoms with van der Waals surface area (Å²) in [5, 5.41) is 13.7. The van der Waals surface area contributed by atoms with Crippen LogP contribution in [0.15, 0.2) is 66.0 Å². The Morgan fingerprint density at radius 2 is 1.85 bits per heavy atom. The standard InChI is InChI=1S/C28H29N3O7S/c1-17(19-7-4-8-20(16-19)22-10-5-15-39-22)29-26(34)21-9-3-2-6-18(21)11-12-23(33)30-31-27(35)24-25(38-24)28(36)37-14-13-32/h2-10,15-17,24-25,32H,11-14H2,1H3,(H,29,34)(H,30,33)(H,31,35)/t17-,24?,25?/m1/s1. The monoisotopic (exact) mass is 551 g/mol. The van der Waals surface area contributed by atoms with Crippen molar-refractivity contribution >= 4 is 35.0 Å². The zero-order chi connectivity index (χ0) is 27.8. The molecule has 1 aliphatic rings. The highest BCUT2D eigenvalue weighted by molar-refractivity contribution is 7.13. The van der Waals surface area contributed by atoms with Crippen LogP contribution in [0.3, 0.4) is 0 Å². The van der Waals surface area contributed by atoms with Gasteiger partial charge in [0.1, 0.15) is 6.61 Å². The van der Waals surface area contributed by atoms with Crippen molar-refractivity contribution in [3.05, 3.63) is 82.7 Å². The molecule has 4 rings (SSSR count). The van der Waals surface area contributed by atoms with Crippen molar-refractivity contribution in [2.24, 2.45) is 0 Å². The summed E-state index contributed by atoms with van der Waals surface area (Å²) >= 11 is 1.65. The van der Waals surface area contributed by atoms with Crippen LogP contribution in [-0.4, -0.2) is 54.2 Å². The first-order valence-corrected chi connectivity index (χ1v) is 13.3. The molecule has 0 spiro atoms. The van der Waals surface area contributed by atoms with E-state index in [1.165, 1.54) is 0 Å². The minimum absolute atomic E-state index is 0.0104. The number of hydrogen-bond donors (Lipinski definition) is 4. The molecule has 1 aliphatic heterocycles. The first kappa shape index (κ1) is 28.0. The molecule has 1 aromatic heterocycles. The summed E-state index contributed by atoms with van der Waals surface area (Å²) < 4.78 is 9.66. The van der Waals surface area contributed by atoms with Crippen molar-refractivity contribution in [1.29, 1.82) is 0 Å². The molecule has 0 saturated carbocycles. The number of aryl methyl sites for hydroxylation is 1. The topological polar surface area (TPSA) is 146 Å². The van der Waals surface area contributed by atoms with E-state index in [4.69, 9.17) is 14.6 Å². The average Bonchev–Trinajstić information content (AvgIpc) is 3.57. The minimum Gasteiger partial charge on any atom is -0.461 e. The third-order valence-corrected chi connectivity index (χ3v) is 6.99. The Morgan fingerprint density at radius 1 is 1.03 bits per heavy atom. The summed E-state index contributed by atoms with van der Waals surface area (Å²) in [6.45, 7) is 1.40. The lowest BCUT2D eigenvalue weighted by molar-refractivity contribution is -0.146. The molecule has 4 N–H and O–H groups in total. The number of carbonyl (C=O) groups is 4. The summed E-state index contributed by atoms with van der Waals surface area (Å²) in [6, 6.07) is 18.9. The maximum absolute atomic E-state index is 13.1. The Labute approximate surface area is 229 Å². The number of carbonyl (C=O) groups excluding carboxylic acids is 4. The van der Waals surface area contributed by atoms with Crippen molar-refractivity contribution in [1.82, 2.24) is 16.2 Å². The van der Waals surface area contributed by atoms with Gasteiger partial charge in [0, 0.05) is 16.9 Å². The Hall–Kier alpha value is -4.06. The molecule has 2 unspecified atom stereocenters. The summed E-state index contributed by atoms with van der Waals surface area (Å²) in [6.07, 6.45) is -1.84. The van der Waals surface area contributed by atoms with E-state index in [0.717, 1.165) is 16.0 Å². The number of benzene rings is 2. The Bertz CT molecular complexity index is 1330. The number of epoxide rings is 1. The highest BCUT2D eigenvalue weighted by atomic mass is 32.1. The van der Waals surface area contributed by atoms with Crippen molar-refractivity contribution in [2.75, 3.05) is 13.2 Å². The van der Waals surface area contributed by atoms with Gasteiger partial charge in [0.2, 0.25) is 5.91 Å². The van der Waals surface area contributed by atoms with E-state index in [1.807, 2.05) is 36.6 Å². The molecule has 1 fully saturated rings. The predicted molar refractivity (Wildman–Crippen MR) is 143 cm³/mol. The van der Waals surface area contributed by atoms with Crippen LogP contribution in [0, 0.1) is 0 Å². The van der Waals surface area contributed by atoms with Gasteiger partial charge in [0.15, 0.2) is 12.2 Å². The van der Waals surface area contributed by atoms with Crippen LogP contribution in [0.25, 0.3) is 10.4 Å². The van der Waals surface area contributed by atoms with Gasteiger partial charge in [-0.15, -0.1) is 11.3 Å². The third kappa shape index (κ3) is 7.50. The minimum atomic E-state index is -1.06. The molecule has 1 saturated heterocycles. The van der Waals surface area contributed by atoms with E-state index in [9.17, 15) is 19.2 Å². The number of ether oxygens (including phenoxy) is 2. The average molecular weight is 552 g/mol. The van der Waals surface area contributed by atoms with E-state index in [2.05, 4.69) is 28.3 Å². The van der Waals surface area contributed by atoms with Crippen LogP contribution in [0.4, 0.5) is 0 Å². The van der Waals surface area contributed by atoms with Crippen LogP contribution in [-0.2, 0) is 30.3 Å². The van der Waals surface area contributed by atoms with E-state index >= 15 is 0 Å². The molecular weight excluding hydrogens is 522 g/mol. The molecular formula is C28H29N3O7S. The van der Waals surface area contributed by atoms with Gasteiger partial charge in [-0.05, 0) is 53.6 Å². The molecule has 2 heterocycles. The molecule has 10 nitrogen and oxygen atoms in total. The normalized spacial score (nSPS) is 16.6.